The molecule has 0 N–H and O–H groups in total. The molecule has 1 aromatic rings. The van der Waals surface area contributed by atoms with Gasteiger partial charge in [0, 0.05) is 8.90 Å². The van der Waals surface area contributed by atoms with Crippen molar-refractivity contribution in [3.63, 3.8) is 0 Å². The topological polar surface area (TPSA) is 9.23 Å². The molecule has 0 saturated heterocycles. The fourth-order valence-electron chi connectivity index (χ4n) is 1.26. The first-order valence-electron chi connectivity index (χ1n) is 5.14. The molecular formula is C12H16BrIO. The molecule has 0 heterocycles. The summed E-state index contributed by atoms with van der Waals surface area (Å²) in [6, 6.07) is 8.37. The van der Waals surface area contributed by atoms with E-state index in [4.69, 9.17) is 4.74 Å². The van der Waals surface area contributed by atoms with Gasteiger partial charge in [-0.25, -0.2) is 0 Å². The van der Waals surface area contributed by atoms with Crippen molar-refractivity contribution in [3.8, 4) is 0 Å². The first kappa shape index (κ1) is 13.5. The van der Waals surface area contributed by atoms with Crippen LogP contribution in [0.5, 0.6) is 0 Å². The van der Waals surface area contributed by atoms with Gasteiger partial charge in [-0.05, 0) is 31.0 Å². The normalized spacial score (nSPS) is 14.9. The molecule has 0 aliphatic carbocycles. The van der Waals surface area contributed by atoms with Gasteiger partial charge in [0.05, 0.1) is 12.2 Å². The Hall–Kier alpha value is 0.390. The van der Waals surface area contributed by atoms with E-state index in [-0.39, 0.29) is 6.10 Å². The average molecular weight is 383 g/mol. The van der Waals surface area contributed by atoms with Crippen molar-refractivity contribution in [2.75, 3.05) is 4.43 Å². The largest absolute Gasteiger partial charge is 0.370 e. The summed E-state index contributed by atoms with van der Waals surface area (Å²) < 4.78 is 8.05. The zero-order valence-corrected chi connectivity index (χ0v) is 12.8. The van der Waals surface area contributed by atoms with E-state index >= 15 is 0 Å². The van der Waals surface area contributed by atoms with Crippen molar-refractivity contribution in [3.05, 3.63) is 34.3 Å². The molecule has 0 radical (unpaired) electrons. The maximum atomic E-state index is 5.95. The molecule has 3 heteroatoms. The number of benzene rings is 1. The minimum Gasteiger partial charge on any atom is -0.370 e. The smallest absolute Gasteiger partial charge is 0.0917 e. The molecule has 0 aromatic heterocycles. The van der Waals surface area contributed by atoms with Crippen LogP contribution < -0.4 is 0 Å². The van der Waals surface area contributed by atoms with Gasteiger partial charge in [0.1, 0.15) is 0 Å². The Kier molecular flexibility index (Phi) is 6.16. The first-order valence-corrected chi connectivity index (χ1v) is 7.46. The monoisotopic (exact) mass is 382 g/mol. The SMILES string of the molecule is CCC(C)OC(CI)c1ccc(Br)cc1. The second-order valence-electron chi connectivity index (χ2n) is 3.55. The number of rotatable bonds is 5. The van der Waals surface area contributed by atoms with Crippen LogP contribution in [0.1, 0.15) is 31.9 Å². The molecule has 0 bridgehead atoms. The number of alkyl halides is 1. The molecule has 84 valence electrons. The quantitative estimate of drug-likeness (QED) is 0.527. The Morgan fingerprint density at radius 1 is 1.33 bits per heavy atom. The van der Waals surface area contributed by atoms with Crippen molar-refractivity contribution < 1.29 is 4.74 Å². The number of hydrogen-bond donors (Lipinski definition) is 0. The third-order valence-electron chi connectivity index (χ3n) is 2.35. The fraction of sp³-hybridized carbons (Fsp3) is 0.500. The lowest BCUT2D eigenvalue weighted by molar-refractivity contribution is 0.00977. The summed E-state index contributed by atoms with van der Waals surface area (Å²) in [5, 5.41) is 0. The predicted octanol–water partition coefficient (Wildman–Crippen LogP) is 4.74. The van der Waals surface area contributed by atoms with E-state index in [9.17, 15) is 0 Å². The highest BCUT2D eigenvalue weighted by atomic mass is 127. The standard InChI is InChI=1S/C12H16BrIO/c1-3-9(2)15-12(8-14)10-4-6-11(13)7-5-10/h4-7,9,12H,3,8H2,1-2H3. The van der Waals surface area contributed by atoms with Gasteiger partial charge in [-0.2, -0.15) is 0 Å². The second kappa shape index (κ2) is 6.86. The summed E-state index contributed by atoms with van der Waals surface area (Å²) in [6.07, 6.45) is 1.60. The second-order valence-corrected chi connectivity index (χ2v) is 5.35. The molecule has 2 atom stereocenters. The van der Waals surface area contributed by atoms with Crippen molar-refractivity contribution >= 4 is 38.5 Å². The van der Waals surface area contributed by atoms with Crippen molar-refractivity contribution in [1.29, 1.82) is 0 Å². The predicted molar refractivity (Wildman–Crippen MR) is 76.6 cm³/mol. The molecule has 15 heavy (non-hydrogen) atoms. The van der Waals surface area contributed by atoms with E-state index in [0.29, 0.717) is 6.10 Å². The van der Waals surface area contributed by atoms with E-state index in [0.717, 1.165) is 15.3 Å². The van der Waals surface area contributed by atoms with E-state index < -0.39 is 0 Å². The van der Waals surface area contributed by atoms with Gasteiger partial charge in [-0.15, -0.1) is 0 Å². The lowest BCUT2D eigenvalue weighted by Gasteiger charge is -2.20. The van der Waals surface area contributed by atoms with Crippen LogP contribution in [0.2, 0.25) is 0 Å². The van der Waals surface area contributed by atoms with Crippen LogP contribution in [0.3, 0.4) is 0 Å². The van der Waals surface area contributed by atoms with Gasteiger partial charge in [-0.3, -0.25) is 0 Å². The molecule has 0 fully saturated rings. The summed E-state index contributed by atoms with van der Waals surface area (Å²) in [4.78, 5) is 0. The maximum Gasteiger partial charge on any atom is 0.0917 e. The van der Waals surface area contributed by atoms with Gasteiger partial charge in [0.25, 0.3) is 0 Å². The lowest BCUT2D eigenvalue weighted by atomic mass is 10.1. The zero-order chi connectivity index (χ0) is 11.3. The highest BCUT2D eigenvalue weighted by Crippen LogP contribution is 2.24. The van der Waals surface area contributed by atoms with Crippen LogP contribution in [0.25, 0.3) is 0 Å². The Labute approximate surface area is 114 Å². The molecule has 1 rings (SSSR count). The summed E-state index contributed by atoms with van der Waals surface area (Å²) >= 11 is 5.81. The van der Waals surface area contributed by atoms with E-state index in [1.807, 2.05) is 0 Å². The van der Waals surface area contributed by atoms with Crippen molar-refractivity contribution in [1.82, 2.24) is 0 Å². The van der Waals surface area contributed by atoms with Crippen LogP contribution in [0, 0.1) is 0 Å². The van der Waals surface area contributed by atoms with E-state index in [1.54, 1.807) is 0 Å². The molecule has 0 saturated carbocycles. The lowest BCUT2D eigenvalue weighted by Crippen LogP contribution is -2.13. The van der Waals surface area contributed by atoms with Gasteiger partial charge < -0.3 is 4.74 Å². The Balaban J connectivity index is 2.69. The van der Waals surface area contributed by atoms with Crippen molar-refractivity contribution in [2.24, 2.45) is 0 Å². The van der Waals surface area contributed by atoms with Gasteiger partial charge in [0.2, 0.25) is 0 Å². The third kappa shape index (κ3) is 4.41. The van der Waals surface area contributed by atoms with Crippen LogP contribution in [-0.4, -0.2) is 10.5 Å². The zero-order valence-electron chi connectivity index (χ0n) is 9.04. The summed E-state index contributed by atoms with van der Waals surface area (Å²) in [5.41, 5.74) is 1.26. The molecule has 1 nitrogen and oxygen atoms in total. The molecule has 1 aromatic carbocycles. The Morgan fingerprint density at radius 2 is 1.93 bits per heavy atom. The summed E-state index contributed by atoms with van der Waals surface area (Å²) in [6.45, 7) is 4.27. The summed E-state index contributed by atoms with van der Waals surface area (Å²) in [7, 11) is 0. The van der Waals surface area contributed by atoms with Crippen LogP contribution in [-0.2, 0) is 4.74 Å². The third-order valence-corrected chi connectivity index (χ3v) is 3.68. The molecule has 0 spiro atoms. The maximum absolute atomic E-state index is 5.95. The Bertz CT molecular complexity index is 286. The molecular weight excluding hydrogens is 367 g/mol. The average Bonchev–Trinajstić information content (AvgIpc) is 2.27. The first-order chi connectivity index (χ1) is 7.17. The highest BCUT2D eigenvalue weighted by Gasteiger charge is 2.13. The van der Waals surface area contributed by atoms with E-state index in [1.165, 1.54) is 5.56 Å². The van der Waals surface area contributed by atoms with Crippen LogP contribution in [0.4, 0.5) is 0 Å². The minimum atomic E-state index is 0.216. The number of ether oxygens (including phenoxy) is 1. The van der Waals surface area contributed by atoms with Gasteiger partial charge >= 0.3 is 0 Å². The highest BCUT2D eigenvalue weighted by molar-refractivity contribution is 14.1. The van der Waals surface area contributed by atoms with E-state index in [2.05, 4.69) is 76.6 Å². The molecule has 0 amide bonds. The fourth-order valence-corrected chi connectivity index (χ4v) is 2.24. The number of hydrogen-bond acceptors (Lipinski definition) is 1. The van der Waals surface area contributed by atoms with Crippen LogP contribution in [0.15, 0.2) is 28.7 Å². The van der Waals surface area contributed by atoms with Crippen LogP contribution >= 0.6 is 38.5 Å². The number of halogens is 2. The molecule has 0 aliphatic heterocycles. The molecule has 0 aliphatic rings. The van der Waals surface area contributed by atoms with Crippen molar-refractivity contribution in [2.45, 2.75) is 32.5 Å². The van der Waals surface area contributed by atoms with Gasteiger partial charge in [-0.1, -0.05) is 57.6 Å². The summed E-state index contributed by atoms with van der Waals surface area (Å²) in [5.74, 6) is 0. The van der Waals surface area contributed by atoms with Gasteiger partial charge in [0.15, 0.2) is 0 Å². The molecule has 2 unspecified atom stereocenters. The minimum absolute atomic E-state index is 0.216. The Morgan fingerprint density at radius 3 is 2.40 bits per heavy atom.